The van der Waals surface area contributed by atoms with Gasteiger partial charge < -0.3 is 10.3 Å². The fourth-order valence-corrected chi connectivity index (χ4v) is 4.28. The van der Waals surface area contributed by atoms with E-state index in [1.165, 1.54) is 5.56 Å². The van der Waals surface area contributed by atoms with E-state index in [0.29, 0.717) is 5.56 Å². The van der Waals surface area contributed by atoms with Gasteiger partial charge >= 0.3 is 0 Å². The molecule has 0 saturated carbocycles. The molecular formula is C29H31N5. The zero-order valence-electron chi connectivity index (χ0n) is 20.3. The molecule has 2 aromatic carbocycles. The number of benzene rings is 2. The highest BCUT2D eigenvalue weighted by Crippen LogP contribution is 2.32. The molecule has 5 nitrogen and oxygen atoms in total. The van der Waals surface area contributed by atoms with E-state index in [2.05, 4.69) is 102 Å². The van der Waals surface area contributed by atoms with E-state index < -0.39 is 0 Å². The van der Waals surface area contributed by atoms with Crippen molar-refractivity contribution in [3.63, 3.8) is 0 Å². The van der Waals surface area contributed by atoms with Gasteiger partial charge in [-0.1, -0.05) is 50.3 Å². The van der Waals surface area contributed by atoms with Gasteiger partial charge in [-0.05, 0) is 61.8 Å². The van der Waals surface area contributed by atoms with Crippen LogP contribution in [0.3, 0.4) is 0 Å². The van der Waals surface area contributed by atoms with Crippen LogP contribution in [0, 0.1) is 25.2 Å². The van der Waals surface area contributed by atoms with Crippen LogP contribution in [0.15, 0.2) is 54.9 Å². The Labute approximate surface area is 201 Å². The van der Waals surface area contributed by atoms with Crippen molar-refractivity contribution in [1.29, 1.82) is 5.26 Å². The largest absolute Gasteiger partial charge is 0.361 e. The van der Waals surface area contributed by atoms with Crippen LogP contribution in [0.5, 0.6) is 0 Å². The van der Waals surface area contributed by atoms with Gasteiger partial charge in [0.15, 0.2) is 0 Å². The Bertz CT molecular complexity index is 1370. The van der Waals surface area contributed by atoms with E-state index in [4.69, 9.17) is 0 Å². The molecule has 0 aliphatic rings. The predicted octanol–water partition coefficient (Wildman–Crippen LogP) is 6.81. The number of aromatic nitrogens is 2. The van der Waals surface area contributed by atoms with E-state index >= 15 is 0 Å². The van der Waals surface area contributed by atoms with Crippen LogP contribution in [0.1, 0.15) is 47.4 Å². The minimum absolute atomic E-state index is 0.522. The summed E-state index contributed by atoms with van der Waals surface area (Å²) < 4.78 is 0. The lowest BCUT2D eigenvalue weighted by Crippen LogP contribution is -2.22. The highest BCUT2D eigenvalue weighted by atomic mass is 15.1. The summed E-state index contributed by atoms with van der Waals surface area (Å²) in [6.07, 6.45) is 7.75. The third kappa shape index (κ3) is 4.88. The number of nitrogens with zero attached hydrogens (tertiary/aromatic N) is 3. The zero-order chi connectivity index (χ0) is 24.1. The topological polar surface area (TPSA) is 67.7 Å². The van der Waals surface area contributed by atoms with E-state index in [1.807, 2.05) is 13.1 Å². The summed E-state index contributed by atoms with van der Waals surface area (Å²) in [7, 11) is 0. The van der Waals surface area contributed by atoms with Gasteiger partial charge in [-0.15, -0.1) is 0 Å². The smallest absolute Gasteiger partial charge is 0.103 e. The fourth-order valence-electron chi connectivity index (χ4n) is 4.28. The molecule has 4 rings (SSSR count). The van der Waals surface area contributed by atoms with Gasteiger partial charge in [0.05, 0.1) is 11.3 Å². The molecule has 5 heteroatoms. The third-order valence-electron chi connectivity index (χ3n) is 6.39. The lowest BCUT2D eigenvalue weighted by molar-refractivity contribution is 0.296. The second-order valence-corrected chi connectivity index (χ2v) is 8.50. The molecule has 0 atom stereocenters. The number of anilines is 2. The molecular weight excluding hydrogens is 418 g/mol. The first-order valence-electron chi connectivity index (χ1n) is 11.8. The van der Waals surface area contributed by atoms with Crippen LogP contribution < -0.4 is 5.32 Å². The zero-order valence-corrected chi connectivity index (χ0v) is 20.3. The molecule has 0 amide bonds. The van der Waals surface area contributed by atoms with Gasteiger partial charge in [0, 0.05) is 46.8 Å². The highest BCUT2D eigenvalue weighted by Gasteiger charge is 2.13. The average Bonchev–Trinajstić information content (AvgIpc) is 3.34. The van der Waals surface area contributed by atoms with E-state index in [-0.39, 0.29) is 0 Å². The Morgan fingerprint density at radius 1 is 1.09 bits per heavy atom. The number of aryl methyl sites for hydroxylation is 2. The average molecular weight is 450 g/mol. The molecule has 0 radical (unpaired) electrons. The maximum atomic E-state index is 9.81. The Morgan fingerprint density at radius 3 is 2.68 bits per heavy atom. The maximum absolute atomic E-state index is 9.81. The molecule has 0 spiro atoms. The van der Waals surface area contributed by atoms with Gasteiger partial charge in [-0.3, -0.25) is 9.88 Å². The summed E-state index contributed by atoms with van der Waals surface area (Å²) in [4.78, 5) is 10.1. The molecule has 2 N–H and O–H groups in total. The summed E-state index contributed by atoms with van der Waals surface area (Å²) in [6, 6.07) is 17.1. The number of fused-ring (bicyclic) bond motifs is 1. The number of nitrogens with one attached hydrogen (secondary N) is 2. The summed E-state index contributed by atoms with van der Waals surface area (Å²) in [5, 5.41) is 14.5. The molecule has 2 heterocycles. The van der Waals surface area contributed by atoms with E-state index in [0.717, 1.165) is 64.3 Å². The quantitative estimate of drug-likeness (QED) is 0.310. The summed E-state index contributed by atoms with van der Waals surface area (Å²) >= 11 is 0. The lowest BCUT2D eigenvalue weighted by Gasteiger charge is -2.18. The van der Waals surface area contributed by atoms with Crippen LogP contribution in [-0.2, 0) is 6.54 Å². The van der Waals surface area contributed by atoms with Crippen LogP contribution in [0.2, 0.25) is 0 Å². The standard InChI is InChI=1S/C29H31N5/c1-5-34(6-2)19-23-9-7-8-22(16-23)10-11-26-21(4)32-18-24(17-30)29(26)33-27-12-13-28-25(20(27)3)14-15-31-28/h7-16,18,31H,5-6,19H2,1-4H3,(H,32,33)/b11-10+. The second kappa shape index (κ2) is 10.4. The second-order valence-electron chi connectivity index (χ2n) is 8.50. The van der Waals surface area contributed by atoms with Crippen molar-refractivity contribution in [3.05, 3.63) is 88.4 Å². The van der Waals surface area contributed by atoms with Crippen LogP contribution in [0.4, 0.5) is 11.4 Å². The summed E-state index contributed by atoms with van der Waals surface area (Å²) in [6.45, 7) is 11.5. The van der Waals surface area contributed by atoms with Crippen molar-refractivity contribution in [2.75, 3.05) is 18.4 Å². The number of rotatable bonds is 8. The first kappa shape index (κ1) is 23.3. The van der Waals surface area contributed by atoms with Crippen molar-refractivity contribution < 1.29 is 0 Å². The molecule has 0 aliphatic heterocycles. The lowest BCUT2D eigenvalue weighted by atomic mass is 10.0. The van der Waals surface area contributed by atoms with Gasteiger partial charge in [0.25, 0.3) is 0 Å². The molecule has 0 bridgehead atoms. The van der Waals surface area contributed by atoms with Crippen LogP contribution in [-0.4, -0.2) is 28.0 Å². The molecule has 0 fully saturated rings. The van der Waals surface area contributed by atoms with Crippen LogP contribution in [0.25, 0.3) is 23.1 Å². The first-order chi connectivity index (χ1) is 16.5. The molecule has 0 aliphatic carbocycles. The molecule has 0 unspecified atom stereocenters. The van der Waals surface area contributed by atoms with Gasteiger partial charge in [-0.25, -0.2) is 0 Å². The van der Waals surface area contributed by atoms with Crippen molar-refractivity contribution in [2.45, 2.75) is 34.2 Å². The van der Waals surface area contributed by atoms with Crippen LogP contribution >= 0.6 is 0 Å². The predicted molar refractivity (Wildman–Crippen MR) is 142 cm³/mol. The summed E-state index contributed by atoms with van der Waals surface area (Å²) in [5.41, 5.74) is 8.72. The van der Waals surface area contributed by atoms with E-state index in [1.54, 1.807) is 6.20 Å². The van der Waals surface area contributed by atoms with Gasteiger partial charge in [0.1, 0.15) is 6.07 Å². The SMILES string of the molecule is CCN(CC)Cc1cccc(/C=C/c2c(C)ncc(C#N)c2Nc2ccc3[nH]ccc3c2C)c1. The highest BCUT2D eigenvalue weighted by molar-refractivity contribution is 5.90. The molecule has 2 aromatic heterocycles. The van der Waals surface area contributed by atoms with Crippen molar-refractivity contribution in [1.82, 2.24) is 14.9 Å². The number of hydrogen-bond donors (Lipinski definition) is 2. The number of H-pyrrole nitrogens is 1. The van der Waals surface area contributed by atoms with Crippen molar-refractivity contribution in [3.8, 4) is 6.07 Å². The Morgan fingerprint density at radius 2 is 1.91 bits per heavy atom. The third-order valence-corrected chi connectivity index (χ3v) is 6.39. The van der Waals surface area contributed by atoms with Gasteiger partial charge in [-0.2, -0.15) is 5.26 Å². The molecule has 172 valence electrons. The normalized spacial score (nSPS) is 11.4. The van der Waals surface area contributed by atoms with Crippen molar-refractivity contribution >= 4 is 34.4 Å². The summed E-state index contributed by atoms with van der Waals surface area (Å²) in [5.74, 6) is 0. The monoisotopic (exact) mass is 449 g/mol. The molecule has 4 aromatic rings. The Hall–Kier alpha value is -3.88. The molecule has 0 saturated heterocycles. The van der Waals surface area contributed by atoms with Crippen molar-refractivity contribution in [2.24, 2.45) is 0 Å². The number of pyridine rings is 1. The maximum Gasteiger partial charge on any atom is 0.103 e. The molecule has 34 heavy (non-hydrogen) atoms. The fraction of sp³-hybridized carbons (Fsp3) is 0.241. The number of hydrogen-bond acceptors (Lipinski definition) is 4. The Kier molecular flexibility index (Phi) is 7.10. The number of aromatic amines is 1. The first-order valence-corrected chi connectivity index (χ1v) is 11.8. The van der Waals surface area contributed by atoms with E-state index in [9.17, 15) is 5.26 Å². The minimum Gasteiger partial charge on any atom is -0.361 e. The van der Waals surface area contributed by atoms with Gasteiger partial charge in [0.2, 0.25) is 0 Å². The minimum atomic E-state index is 0.522. The number of nitriles is 1. The Balaban J connectivity index is 1.69.